The lowest BCUT2D eigenvalue weighted by Gasteiger charge is -2.29. The number of amides is 2. The smallest absolute Gasteiger partial charge is 0.262 e. The Labute approximate surface area is 140 Å². The topological polar surface area (TPSA) is 58.6 Å². The molecule has 0 saturated carbocycles. The quantitative estimate of drug-likeness (QED) is 0.921. The largest absolute Gasteiger partial charge is 0.482 e. The lowest BCUT2D eigenvalue weighted by molar-refractivity contribution is -0.131. The second kappa shape index (κ2) is 6.00. The summed E-state index contributed by atoms with van der Waals surface area (Å²) in [6.07, 6.45) is 1.22. The van der Waals surface area contributed by atoms with E-state index in [4.69, 9.17) is 4.74 Å². The molecule has 0 aromatic heterocycles. The molecular weight excluding hydrogens is 304 g/mol. The van der Waals surface area contributed by atoms with Gasteiger partial charge >= 0.3 is 0 Å². The van der Waals surface area contributed by atoms with Crippen molar-refractivity contribution >= 4 is 17.5 Å². The molecule has 0 spiro atoms. The normalized spacial score (nSPS) is 15.8. The van der Waals surface area contributed by atoms with Crippen LogP contribution in [0.4, 0.5) is 5.69 Å². The van der Waals surface area contributed by atoms with Crippen molar-refractivity contribution in [2.45, 2.75) is 19.4 Å². The Bertz CT molecular complexity index is 816. The number of hydrogen-bond donors (Lipinski definition) is 1. The molecule has 0 saturated heterocycles. The van der Waals surface area contributed by atoms with Gasteiger partial charge in [0.25, 0.3) is 5.91 Å². The second-order valence-corrected chi connectivity index (χ2v) is 6.18. The van der Waals surface area contributed by atoms with Crippen molar-refractivity contribution < 1.29 is 14.3 Å². The van der Waals surface area contributed by atoms with E-state index < -0.39 is 0 Å². The lowest BCUT2D eigenvalue weighted by atomic mass is 9.99. The maximum Gasteiger partial charge on any atom is 0.262 e. The molecule has 0 unspecified atom stereocenters. The monoisotopic (exact) mass is 322 g/mol. The zero-order valence-corrected chi connectivity index (χ0v) is 13.2. The minimum atomic E-state index is -0.168. The minimum Gasteiger partial charge on any atom is -0.482 e. The number of ether oxygens (including phenoxy) is 1. The van der Waals surface area contributed by atoms with E-state index in [0.29, 0.717) is 24.4 Å². The molecule has 2 heterocycles. The Morgan fingerprint density at radius 3 is 2.88 bits per heavy atom. The number of rotatable bonds is 2. The summed E-state index contributed by atoms with van der Waals surface area (Å²) in [7, 11) is 0. The Morgan fingerprint density at radius 1 is 1.17 bits per heavy atom. The average Bonchev–Trinajstić information content (AvgIpc) is 2.61. The van der Waals surface area contributed by atoms with E-state index in [0.717, 1.165) is 18.5 Å². The number of carbonyl (C=O) groups is 2. The van der Waals surface area contributed by atoms with Crippen LogP contribution in [0.3, 0.4) is 0 Å². The van der Waals surface area contributed by atoms with Crippen molar-refractivity contribution in [3.8, 4) is 5.75 Å². The maximum atomic E-state index is 12.6. The molecular formula is C19H18N2O3. The van der Waals surface area contributed by atoms with Gasteiger partial charge in [-0.25, -0.2) is 0 Å². The molecule has 0 bridgehead atoms. The number of nitrogens with one attached hydrogen (secondary N) is 1. The van der Waals surface area contributed by atoms with E-state index in [-0.39, 0.29) is 18.4 Å². The summed E-state index contributed by atoms with van der Waals surface area (Å²) in [5.41, 5.74) is 4.07. The van der Waals surface area contributed by atoms with E-state index in [1.54, 1.807) is 0 Å². The molecule has 122 valence electrons. The van der Waals surface area contributed by atoms with Crippen molar-refractivity contribution in [2.24, 2.45) is 0 Å². The molecule has 2 aromatic carbocycles. The molecule has 0 aliphatic carbocycles. The summed E-state index contributed by atoms with van der Waals surface area (Å²) in [6, 6.07) is 13.8. The van der Waals surface area contributed by atoms with Crippen LogP contribution in [0.15, 0.2) is 42.5 Å². The summed E-state index contributed by atoms with van der Waals surface area (Å²) in [6.45, 7) is 1.46. The number of carbonyl (C=O) groups excluding carboxylic acids is 2. The Kier molecular flexibility index (Phi) is 3.69. The average molecular weight is 322 g/mol. The van der Waals surface area contributed by atoms with Gasteiger partial charge < -0.3 is 15.0 Å². The van der Waals surface area contributed by atoms with E-state index >= 15 is 0 Å². The van der Waals surface area contributed by atoms with Crippen molar-refractivity contribution in [2.75, 3.05) is 18.5 Å². The molecule has 0 fully saturated rings. The van der Waals surface area contributed by atoms with Crippen molar-refractivity contribution in [3.05, 3.63) is 59.2 Å². The lowest BCUT2D eigenvalue weighted by Crippen LogP contribution is -2.36. The molecule has 1 N–H and O–H groups in total. The first-order chi connectivity index (χ1) is 11.7. The van der Waals surface area contributed by atoms with E-state index in [1.165, 1.54) is 11.1 Å². The molecule has 4 rings (SSSR count). The fraction of sp³-hybridized carbons (Fsp3) is 0.263. The fourth-order valence-electron chi connectivity index (χ4n) is 3.24. The first-order valence-electron chi connectivity index (χ1n) is 8.09. The van der Waals surface area contributed by atoms with Crippen LogP contribution in [0, 0.1) is 0 Å². The highest BCUT2D eigenvalue weighted by atomic mass is 16.5. The summed E-state index contributed by atoms with van der Waals surface area (Å²) >= 11 is 0. The van der Waals surface area contributed by atoms with Crippen LogP contribution >= 0.6 is 0 Å². The SMILES string of the molecule is O=C1COc2ccc(CC(=O)N3CCc4ccccc4C3)cc2N1. The van der Waals surface area contributed by atoms with E-state index in [9.17, 15) is 9.59 Å². The van der Waals surface area contributed by atoms with Crippen LogP contribution in [0.5, 0.6) is 5.75 Å². The van der Waals surface area contributed by atoms with Crippen molar-refractivity contribution in [1.82, 2.24) is 4.90 Å². The van der Waals surface area contributed by atoms with E-state index in [2.05, 4.69) is 17.4 Å². The highest BCUT2D eigenvalue weighted by molar-refractivity contribution is 5.95. The summed E-state index contributed by atoms with van der Waals surface area (Å²) < 4.78 is 5.34. The highest BCUT2D eigenvalue weighted by Gasteiger charge is 2.21. The van der Waals surface area contributed by atoms with Crippen LogP contribution in [0.1, 0.15) is 16.7 Å². The van der Waals surface area contributed by atoms with E-state index in [1.807, 2.05) is 35.2 Å². The van der Waals surface area contributed by atoms with Gasteiger partial charge in [-0.1, -0.05) is 30.3 Å². The standard InChI is InChI=1S/C19H18N2O3/c22-18-12-24-17-6-5-13(9-16(17)20-18)10-19(23)21-8-7-14-3-1-2-4-15(14)11-21/h1-6,9H,7-8,10-12H2,(H,20,22). The fourth-order valence-corrected chi connectivity index (χ4v) is 3.24. The predicted octanol–water partition coefficient (Wildman–Crippen LogP) is 2.14. The third kappa shape index (κ3) is 2.85. The van der Waals surface area contributed by atoms with Gasteiger partial charge in [0, 0.05) is 13.1 Å². The first kappa shape index (κ1) is 14.8. The van der Waals surface area contributed by atoms with Crippen LogP contribution < -0.4 is 10.1 Å². The summed E-state index contributed by atoms with van der Waals surface area (Å²) in [5.74, 6) is 0.587. The number of hydrogen-bond acceptors (Lipinski definition) is 3. The third-order valence-electron chi connectivity index (χ3n) is 4.52. The van der Waals surface area contributed by atoms with Gasteiger partial charge in [0.15, 0.2) is 6.61 Å². The number of anilines is 1. The molecule has 0 radical (unpaired) electrons. The van der Waals surface area contributed by atoms with Crippen LogP contribution in [-0.2, 0) is 29.0 Å². The van der Waals surface area contributed by atoms with Crippen LogP contribution in [0.25, 0.3) is 0 Å². The van der Waals surface area contributed by atoms with Gasteiger partial charge in [-0.2, -0.15) is 0 Å². The highest BCUT2D eigenvalue weighted by Crippen LogP contribution is 2.29. The molecule has 2 aromatic rings. The molecule has 2 amide bonds. The van der Waals surface area contributed by atoms with Gasteiger partial charge in [-0.15, -0.1) is 0 Å². The number of nitrogens with zero attached hydrogens (tertiary/aromatic N) is 1. The third-order valence-corrected chi connectivity index (χ3v) is 4.52. The van der Waals surface area contributed by atoms with Crippen LogP contribution in [0.2, 0.25) is 0 Å². The molecule has 24 heavy (non-hydrogen) atoms. The van der Waals surface area contributed by atoms with Gasteiger partial charge in [0.05, 0.1) is 12.1 Å². The summed E-state index contributed by atoms with van der Waals surface area (Å²) in [5, 5.41) is 2.78. The first-order valence-corrected chi connectivity index (χ1v) is 8.09. The summed E-state index contributed by atoms with van der Waals surface area (Å²) in [4.78, 5) is 25.9. The van der Waals surface area contributed by atoms with Crippen molar-refractivity contribution in [1.29, 1.82) is 0 Å². The Morgan fingerprint density at radius 2 is 2.00 bits per heavy atom. The predicted molar refractivity (Wildman–Crippen MR) is 89.8 cm³/mol. The maximum absolute atomic E-state index is 12.6. The van der Waals surface area contributed by atoms with Crippen molar-refractivity contribution in [3.63, 3.8) is 0 Å². The zero-order valence-electron chi connectivity index (χ0n) is 13.2. The number of fused-ring (bicyclic) bond motifs is 2. The minimum absolute atomic E-state index is 0.0401. The molecule has 0 atom stereocenters. The number of benzene rings is 2. The molecule has 5 nitrogen and oxygen atoms in total. The molecule has 2 aliphatic rings. The van der Waals surface area contributed by atoms with Gasteiger partial charge in [-0.3, -0.25) is 9.59 Å². The Hall–Kier alpha value is -2.82. The van der Waals surface area contributed by atoms with Gasteiger partial charge in [0.2, 0.25) is 5.91 Å². The molecule has 2 aliphatic heterocycles. The van der Waals surface area contributed by atoms with Crippen LogP contribution in [-0.4, -0.2) is 29.9 Å². The van der Waals surface area contributed by atoms with Gasteiger partial charge in [-0.05, 0) is 35.2 Å². The molecule has 5 heteroatoms. The Balaban J connectivity index is 1.47. The second-order valence-electron chi connectivity index (χ2n) is 6.18. The van der Waals surface area contributed by atoms with Gasteiger partial charge in [0.1, 0.15) is 5.75 Å². The zero-order chi connectivity index (χ0) is 16.5.